The number of nitrogens with one attached hydrogen (secondary N) is 1. The highest BCUT2D eigenvalue weighted by molar-refractivity contribution is 9.10. The largest absolute Gasteiger partial charge is 0.310 e. The number of rotatable bonds is 5. The van der Waals surface area contributed by atoms with Gasteiger partial charge in [-0.3, -0.25) is 4.90 Å². The van der Waals surface area contributed by atoms with E-state index in [2.05, 4.69) is 51.3 Å². The van der Waals surface area contributed by atoms with Crippen LogP contribution in [-0.4, -0.2) is 24.0 Å². The summed E-state index contributed by atoms with van der Waals surface area (Å²) in [6.07, 6.45) is 4.06. The molecule has 1 heterocycles. The van der Waals surface area contributed by atoms with E-state index in [9.17, 15) is 0 Å². The van der Waals surface area contributed by atoms with Crippen LogP contribution < -0.4 is 5.32 Å². The zero-order chi connectivity index (χ0) is 13.2. The Kier molecular flexibility index (Phi) is 4.25. The maximum atomic E-state index is 3.74. The Morgan fingerprint density at radius 3 is 2.79 bits per heavy atom. The maximum absolute atomic E-state index is 3.74. The van der Waals surface area contributed by atoms with Crippen molar-refractivity contribution >= 4 is 15.9 Å². The van der Waals surface area contributed by atoms with Crippen molar-refractivity contribution < 1.29 is 0 Å². The van der Waals surface area contributed by atoms with Crippen molar-refractivity contribution in [1.29, 1.82) is 0 Å². The van der Waals surface area contributed by atoms with Crippen molar-refractivity contribution in [2.75, 3.05) is 13.1 Å². The summed E-state index contributed by atoms with van der Waals surface area (Å²) >= 11 is 3.74. The third-order valence-electron chi connectivity index (χ3n) is 4.19. The summed E-state index contributed by atoms with van der Waals surface area (Å²) in [5.74, 6) is 0.862. The summed E-state index contributed by atoms with van der Waals surface area (Å²) in [7, 11) is 0. The van der Waals surface area contributed by atoms with Gasteiger partial charge in [0.05, 0.1) is 0 Å². The SMILES string of the molecule is CC1CCN(Cc2ccc(CNC3CC3)cc2Br)C1. The standard InChI is InChI=1S/C16H23BrN2/c1-12-6-7-19(10-12)11-14-3-2-13(8-16(14)17)9-18-15-4-5-15/h2-3,8,12,15,18H,4-7,9-11H2,1H3. The second kappa shape index (κ2) is 5.94. The van der Waals surface area contributed by atoms with Gasteiger partial charge in [-0.25, -0.2) is 0 Å². The highest BCUT2D eigenvalue weighted by Gasteiger charge is 2.21. The van der Waals surface area contributed by atoms with E-state index < -0.39 is 0 Å². The molecule has 19 heavy (non-hydrogen) atoms. The highest BCUT2D eigenvalue weighted by atomic mass is 79.9. The number of halogens is 1. The molecule has 1 aliphatic heterocycles. The van der Waals surface area contributed by atoms with Crippen molar-refractivity contribution in [3.8, 4) is 0 Å². The molecule has 1 aromatic rings. The van der Waals surface area contributed by atoms with E-state index in [1.165, 1.54) is 48.0 Å². The van der Waals surface area contributed by atoms with E-state index >= 15 is 0 Å². The maximum Gasteiger partial charge on any atom is 0.0245 e. The first-order valence-electron chi connectivity index (χ1n) is 7.44. The molecule has 3 rings (SSSR count). The van der Waals surface area contributed by atoms with Crippen LogP contribution in [0, 0.1) is 5.92 Å². The first kappa shape index (κ1) is 13.6. The molecule has 0 amide bonds. The minimum atomic E-state index is 0.782. The number of nitrogens with zero attached hydrogens (tertiary/aromatic N) is 1. The molecule has 0 radical (unpaired) electrons. The fourth-order valence-electron chi connectivity index (χ4n) is 2.79. The van der Waals surface area contributed by atoms with Crippen molar-refractivity contribution in [3.05, 3.63) is 33.8 Å². The third kappa shape index (κ3) is 3.80. The van der Waals surface area contributed by atoms with Crippen LogP contribution in [0.2, 0.25) is 0 Å². The van der Waals surface area contributed by atoms with Crippen LogP contribution in [0.4, 0.5) is 0 Å². The van der Waals surface area contributed by atoms with Crippen LogP contribution in [0.15, 0.2) is 22.7 Å². The molecule has 2 aliphatic rings. The molecule has 2 fully saturated rings. The number of benzene rings is 1. The third-order valence-corrected chi connectivity index (χ3v) is 4.93. The average Bonchev–Trinajstić information content (AvgIpc) is 3.13. The van der Waals surface area contributed by atoms with Gasteiger partial charge in [0.1, 0.15) is 0 Å². The smallest absolute Gasteiger partial charge is 0.0245 e. The lowest BCUT2D eigenvalue weighted by Gasteiger charge is -2.17. The van der Waals surface area contributed by atoms with Crippen LogP contribution >= 0.6 is 15.9 Å². The van der Waals surface area contributed by atoms with E-state index in [0.717, 1.165) is 25.0 Å². The summed E-state index contributed by atoms with van der Waals surface area (Å²) in [5, 5.41) is 3.57. The minimum absolute atomic E-state index is 0.782. The fraction of sp³-hybridized carbons (Fsp3) is 0.625. The van der Waals surface area contributed by atoms with Gasteiger partial charge in [-0.2, -0.15) is 0 Å². The van der Waals surface area contributed by atoms with Gasteiger partial charge in [-0.15, -0.1) is 0 Å². The van der Waals surface area contributed by atoms with Crippen molar-refractivity contribution in [3.63, 3.8) is 0 Å². The first-order chi connectivity index (χ1) is 9.20. The van der Waals surface area contributed by atoms with Gasteiger partial charge in [0, 0.05) is 30.1 Å². The molecule has 1 saturated carbocycles. The lowest BCUT2D eigenvalue weighted by molar-refractivity contribution is 0.320. The lowest BCUT2D eigenvalue weighted by atomic mass is 10.1. The molecule has 0 spiro atoms. The predicted molar refractivity (Wildman–Crippen MR) is 83.1 cm³/mol. The highest BCUT2D eigenvalue weighted by Crippen LogP contribution is 2.24. The molecular formula is C16H23BrN2. The Balaban J connectivity index is 1.58. The van der Waals surface area contributed by atoms with Gasteiger partial charge in [0.25, 0.3) is 0 Å². The number of likely N-dealkylation sites (tertiary alicyclic amines) is 1. The van der Waals surface area contributed by atoms with Crippen molar-refractivity contribution in [2.24, 2.45) is 5.92 Å². The molecule has 2 nitrogen and oxygen atoms in total. The molecular weight excluding hydrogens is 300 g/mol. The molecule has 1 atom stereocenters. The van der Waals surface area contributed by atoms with Gasteiger partial charge in [-0.05, 0) is 48.9 Å². The molecule has 3 heteroatoms. The predicted octanol–water partition coefficient (Wildman–Crippen LogP) is 3.54. The first-order valence-corrected chi connectivity index (χ1v) is 8.23. The fourth-order valence-corrected chi connectivity index (χ4v) is 3.34. The van der Waals surface area contributed by atoms with E-state index in [4.69, 9.17) is 0 Å². The molecule has 1 aromatic carbocycles. The van der Waals surface area contributed by atoms with Gasteiger partial charge in [0.2, 0.25) is 0 Å². The van der Waals surface area contributed by atoms with Crippen LogP contribution in [-0.2, 0) is 13.1 Å². The van der Waals surface area contributed by atoms with Crippen molar-refractivity contribution in [2.45, 2.75) is 45.3 Å². The Hall–Kier alpha value is -0.380. The summed E-state index contributed by atoms with van der Waals surface area (Å²) in [6.45, 7) is 6.93. The summed E-state index contributed by atoms with van der Waals surface area (Å²) < 4.78 is 1.27. The van der Waals surface area contributed by atoms with E-state index in [1.807, 2.05) is 0 Å². The molecule has 1 saturated heterocycles. The normalized spacial score (nSPS) is 24.0. The van der Waals surface area contributed by atoms with Crippen LogP contribution in [0.1, 0.15) is 37.3 Å². The number of hydrogen-bond donors (Lipinski definition) is 1. The van der Waals surface area contributed by atoms with Gasteiger partial charge in [-0.1, -0.05) is 35.0 Å². The zero-order valence-electron chi connectivity index (χ0n) is 11.7. The van der Waals surface area contributed by atoms with Gasteiger partial charge < -0.3 is 5.32 Å². The van der Waals surface area contributed by atoms with Crippen LogP contribution in [0.3, 0.4) is 0 Å². The van der Waals surface area contributed by atoms with Crippen molar-refractivity contribution in [1.82, 2.24) is 10.2 Å². The Labute approximate surface area is 124 Å². The summed E-state index contributed by atoms with van der Waals surface area (Å²) in [5.41, 5.74) is 2.81. The van der Waals surface area contributed by atoms with Crippen LogP contribution in [0.25, 0.3) is 0 Å². The Bertz CT molecular complexity index is 442. The molecule has 1 N–H and O–H groups in total. The van der Waals surface area contributed by atoms with E-state index in [1.54, 1.807) is 0 Å². The zero-order valence-corrected chi connectivity index (χ0v) is 13.2. The summed E-state index contributed by atoms with van der Waals surface area (Å²) in [4.78, 5) is 2.56. The molecule has 104 valence electrons. The molecule has 1 aliphatic carbocycles. The second-order valence-electron chi connectivity index (χ2n) is 6.21. The van der Waals surface area contributed by atoms with E-state index in [-0.39, 0.29) is 0 Å². The molecule has 0 bridgehead atoms. The van der Waals surface area contributed by atoms with E-state index in [0.29, 0.717) is 0 Å². The summed E-state index contributed by atoms with van der Waals surface area (Å²) in [6, 6.07) is 7.63. The van der Waals surface area contributed by atoms with Gasteiger partial charge in [0.15, 0.2) is 0 Å². The molecule has 1 unspecified atom stereocenters. The van der Waals surface area contributed by atoms with Crippen LogP contribution in [0.5, 0.6) is 0 Å². The Morgan fingerprint density at radius 1 is 1.32 bits per heavy atom. The molecule has 0 aromatic heterocycles. The number of hydrogen-bond acceptors (Lipinski definition) is 2. The topological polar surface area (TPSA) is 15.3 Å². The minimum Gasteiger partial charge on any atom is -0.310 e. The lowest BCUT2D eigenvalue weighted by Crippen LogP contribution is -2.20. The quantitative estimate of drug-likeness (QED) is 0.892. The monoisotopic (exact) mass is 322 g/mol. The van der Waals surface area contributed by atoms with Gasteiger partial charge >= 0.3 is 0 Å². The Morgan fingerprint density at radius 2 is 2.16 bits per heavy atom. The average molecular weight is 323 g/mol. The second-order valence-corrected chi connectivity index (χ2v) is 7.06.